The summed E-state index contributed by atoms with van der Waals surface area (Å²) in [6.45, 7) is 0.583. The molecule has 0 aliphatic carbocycles. The van der Waals surface area contributed by atoms with E-state index in [1.54, 1.807) is 40.6 Å². The molecule has 0 amide bonds. The highest BCUT2D eigenvalue weighted by atomic mass is 35.5. The molecule has 0 aromatic heterocycles. The van der Waals surface area contributed by atoms with Gasteiger partial charge in [-0.25, -0.2) is 0 Å². The average Bonchev–Trinajstić information content (AvgIpc) is 2.59. The van der Waals surface area contributed by atoms with Crippen molar-refractivity contribution in [1.82, 2.24) is 0 Å². The minimum absolute atomic E-state index is 0.517. The van der Waals surface area contributed by atoms with Crippen LogP contribution in [0.3, 0.4) is 0 Å². The van der Waals surface area contributed by atoms with Gasteiger partial charge in [0, 0.05) is 12.6 Å². The van der Waals surface area contributed by atoms with E-state index in [1.807, 2.05) is 18.2 Å². The molecule has 2 aromatic carbocycles. The summed E-state index contributed by atoms with van der Waals surface area (Å²) in [7, 11) is 6.39. The van der Waals surface area contributed by atoms with Crippen LogP contribution in [0.4, 0.5) is 5.69 Å². The van der Waals surface area contributed by atoms with Crippen LogP contribution < -0.4 is 24.3 Å². The SMILES string of the molecule is COc1cc(OC)c(NCc2ccc(OC)c(OC)c2)cc1Cl. The minimum Gasteiger partial charge on any atom is -0.495 e. The van der Waals surface area contributed by atoms with E-state index in [4.69, 9.17) is 30.5 Å². The second kappa shape index (κ2) is 7.83. The van der Waals surface area contributed by atoms with Gasteiger partial charge in [0.2, 0.25) is 0 Å². The molecule has 2 aromatic rings. The maximum atomic E-state index is 6.17. The Morgan fingerprint density at radius 1 is 0.783 bits per heavy atom. The van der Waals surface area contributed by atoms with Gasteiger partial charge in [0.05, 0.1) is 39.1 Å². The number of benzene rings is 2. The Morgan fingerprint density at radius 3 is 2.04 bits per heavy atom. The average molecular weight is 338 g/mol. The summed E-state index contributed by atoms with van der Waals surface area (Å²) in [6, 6.07) is 9.28. The summed E-state index contributed by atoms with van der Waals surface area (Å²) in [6.07, 6.45) is 0. The molecule has 0 aliphatic heterocycles. The van der Waals surface area contributed by atoms with Gasteiger partial charge in [-0.2, -0.15) is 0 Å². The maximum Gasteiger partial charge on any atom is 0.161 e. The third-order valence-corrected chi connectivity index (χ3v) is 3.70. The van der Waals surface area contributed by atoms with Crippen molar-refractivity contribution in [2.24, 2.45) is 0 Å². The van der Waals surface area contributed by atoms with Gasteiger partial charge in [0.1, 0.15) is 11.5 Å². The number of anilines is 1. The lowest BCUT2D eigenvalue weighted by molar-refractivity contribution is 0.354. The molecule has 0 saturated heterocycles. The Hall–Kier alpha value is -2.27. The number of rotatable bonds is 7. The number of ether oxygens (including phenoxy) is 4. The number of halogens is 1. The van der Waals surface area contributed by atoms with Gasteiger partial charge in [0.15, 0.2) is 11.5 Å². The molecule has 0 unspecified atom stereocenters. The van der Waals surface area contributed by atoms with Crippen molar-refractivity contribution in [3.05, 3.63) is 40.9 Å². The summed E-state index contributed by atoms with van der Waals surface area (Å²) < 4.78 is 21.1. The Kier molecular flexibility index (Phi) is 5.82. The van der Waals surface area contributed by atoms with E-state index < -0.39 is 0 Å². The molecule has 124 valence electrons. The van der Waals surface area contributed by atoms with Crippen molar-refractivity contribution in [2.75, 3.05) is 33.8 Å². The Bertz CT molecular complexity index is 676. The number of nitrogens with one attached hydrogen (secondary N) is 1. The zero-order chi connectivity index (χ0) is 16.8. The number of hydrogen-bond donors (Lipinski definition) is 1. The fourth-order valence-electron chi connectivity index (χ4n) is 2.19. The van der Waals surface area contributed by atoms with Crippen LogP contribution in [0.5, 0.6) is 23.0 Å². The third kappa shape index (κ3) is 3.93. The standard InChI is InChI=1S/C17H20ClNO4/c1-20-14-6-5-11(7-17(14)23-4)10-19-13-8-12(18)15(21-2)9-16(13)22-3/h5-9,19H,10H2,1-4H3. The molecule has 0 saturated carbocycles. The highest BCUT2D eigenvalue weighted by Gasteiger charge is 2.10. The van der Waals surface area contributed by atoms with Gasteiger partial charge in [-0.3, -0.25) is 0 Å². The second-order valence-electron chi connectivity index (χ2n) is 4.73. The van der Waals surface area contributed by atoms with Crippen LogP contribution in [0.25, 0.3) is 0 Å². The molecule has 0 spiro atoms. The predicted molar refractivity (Wildman–Crippen MR) is 91.4 cm³/mol. The first-order valence-corrected chi connectivity index (χ1v) is 7.37. The highest BCUT2D eigenvalue weighted by Crippen LogP contribution is 2.36. The van der Waals surface area contributed by atoms with Crippen LogP contribution >= 0.6 is 11.6 Å². The second-order valence-corrected chi connectivity index (χ2v) is 5.14. The van der Waals surface area contributed by atoms with Gasteiger partial charge in [-0.05, 0) is 23.8 Å². The lowest BCUT2D eigenvalue weighted by Gasteiger charge is -2.15. The summed E-state index contributed by atoms with van der Waals surface area (Å²) in [5, 5.41) is 3.82. The van der Waals surface area contributed by atoms with Crippen molar-refractivity contribution in [3.8, 4) is 23.0 Å². The fourth-order valence-corrected chi connectivity index (χ4v) is 2.43. The molecule has 1 N–H and O–H groups in total. The first-order chi connectivity index (χ1) is 11.1. The summed E-state index contributed by atoms with van der Waals surface area (Å²) >= 11 is 6.17. The Labute approximate surface area is 141 Å². The Morgan fingerprint density at radius 2 is 1.43 bits per heavy atom. The summed E-state index contributed by atoms with van der Waals surface area (Å²) in [4.78, 5) is 0. The number of methoxy groups -OCH3 is 4. The van der Waals surface area contributed by atoms with Crippen molar-refractivity contribution < 1.29 is 18.9 Å². The molecule has 0 fully saturated rings. The summed E-state index contributed by atoms with van der Waals surface area (Å²) in [5.41, 5.74) is 1.82. The van der Waals surface area contributed by atoms with Crippen molar-refractivity contribution in [1.29, 1.82) is 0 Å². The van der Waals surface area contributed by atoms with Crippen molar-refractivity contribution in [3.63, 3.8) is 0 Å². The molecular weight excluding hydrogens is 318 g/mol. The zero-order valence-corrected chi connectivity index (χ0v) is 14.4. The first kappa shape index (κ1) is 17.1. The van der Waals surface area contributed by atoms with Gasteiger partial charge in [-0.15, -0.1) is 0 Å². The van der Waals surface area contributed by atoms with E-state index >= 15 is 0 Å². The number of hydrogen-bond acceptors (Lipinski definition) is 5. The normalized spacial score (nSPS) is 10.1. The fraction of sp³-hybridized carbons (Fsp3) is 0.294. The van der Waals surface area contributed by atoms with Crippen LogP contribution in [0.2, 0.25) is 5.02 Å². The van der Waals surface area contributed by atoms with Crippen LogP contribution in [-0.4, -0.2) is 28.4 Å². The van der Waals surface area contributed by atoms with Gasteiger partial charge < -0.3 is 24.3 Å². The van der Waals surface area contributed by atoms with E-state index in [9.17, 15) is 0 Å². The van der Waals surface area contributed by atoms with Crippen LogP contribution in [0.1, 0.15) is 5.56 Å². The molecule has 23 heavy (non-hydrogen) atoms. The van der Waals surface area contributed by atoms with Gasteiger partial charge in [-0.1, -0.05) is 17.7 Å². The predicted octanol–water partition coefficient (Wildman–Crippen LogP) is 3.99. The molecule has 0 heterocycles. The quantitative estimate of drug-likeness (QED) is 0.828. The van der Waals surface area contributed by atoms with Crippen LogP contribution in [0.15, 0.2) is 30.3 Å². The van der Waals surface area contributed by atoms with Gasteiger partial charge >= 0.3 is 0 Å². The summed E-state index contributed by atoms with van der Waals surface area (Å²) in [5.74, 6) is 2.61. The minimum atomic E-state index is 0.517. The van der Waals surface area contributed by atoms with Gasteiger partial charge in [0.25, 0.3) is 0 Å². The maximum absolute atomic E-state index is 6.17. The topological polar surface area (TPSA) is 49.0 Å². The molecule has 2 rings (SSSR count). The lowest BCUT2D eigenvalue weighted by atomic mass is 10.2. The Balaban J connectivity index is 2.19. The van der Waals surface area contributed by atoms with E-state index in [2.05, 4.69) is 5.32 Å². The smallest absolute Gasteiger partial charge is 0.161 e. The third-order valence-electron chi connectivity index (χ3n) is 3.40. The molecule has 0 radical (unpaired) electrons. The lowest BCUT2D eigenvalue weighted by Crippen LogP contribution is -2.03. The molecule has 0 atom stereocenters. The van der Waals surface area contributed by atoms with Crippen LogP contribution in [0, 0.1) is 0 Å². The van der Waals surface area contributed by atoms with E-state index in [0.29, 0.717) is 34.6 Å². The molecular formula is C17H20ClNO4. The zero-order valence-electron chi connectivity index (χ0n) is 13.6. The van der Waals surface area contributed by atoms with E-state index in [-0.39, 0.29) is 0 Å². The highest BCUT2D eigenvalue weighted by molar-refractivity contribution is 6.32. The monoisotopic (exact) mass is 337 g/mol. The van der Waals surface area contributed by atoms with Crippen molar-refractivity contribution >= 4 is 17.3 Å². The molecule has 0 bridgehead atoms. The first-order valence-electron chi connectivity index (χ1n) is 6.99. The van der Waals surface area contributed by atoms with E-state index in [0.717, 1.165) is 11.3 Å². The van der Waals surface area contributed by atoms with Crippen LogP contribution in [-0.2, 0) is 6.54 Å². The molecule has 6 heteroatoms. The van der Waals surface area contributed by atoms with Crippen molar-refractivity contribution in [2.45, 2.75) is 6.54 Å². The van der Waals surface area contributed by atoms with E-state index in [1.165, 1.54) is 0 Å². The molecule has 5 nitrogen and oxygen atoms in total. The largest absolute Gasteiger partial charge is 0.495 e. The molecule has 0 aliphatic rings.